The van der Waals surface area contributed by atoms with Crippen molar-refractivity contribution in [3.05, 3.63) is 83.4 Å². The fraction of sp³-hybridized carbons (Fsp3) is 0.222. The average Bonchev–Trinajstić information content (AvgIpc) is 2.78. The predicted octanol–water partition coefficient (Wildman–Crippen LogP) is 4.36. The van der Waals surface area contributed by atoms with Gasteiger partial charge in [0.25, 0.3) is 5.82 Å². The lowest BCUT2D eigenvalue weighted by atomic mass is 9.93. The molecule has 1 heterocycles. The van der Waals surface area contributed by atoms with E-state index in [0.29, 0.717) is 0 Å². The number of rotatable bonds is 5. The third-order valence-electron chi connectivity index (χ3n) is 6.04. The number of fused-ring (bicyclic) bond motifs is 1. The molecule has 4 nitrogen and oxygen atoms in total. The molecule has 0 spiro atoms. The summed E-state index contributed by atoms with van der Waals surface area (Å²) in [5.41, 5.74) is 7.44. The Labute approximate surface area is 183 Å². The molecule has 4 heteroatoms. The standard InChI is InChI=1S/C27H29N2O2/c1-18-23(19-9-6-5-7-10-19)11-8-12-24(18)26-15-20-13-21(16-30)22(17-31)14-25(20)27(28(2)3)29(26)4/h5-15,30-31H,16-17H2,1-4H3/q+1. The topological polar surface area (TPSA) is 47.6 Å². The largest absolute Gasteiger partial charge is 0.392 e. The second kappa shape index (κ2) is 8.50. The van der Waals surface area contributed by atoms with Gasteiger partial charge in [-0.2, -0.15) is 0 Å². The molecular weight excluding hydrogens is 384 g/mol. The van der Waals surface area contributed by atoms with Crippen LogP contribution in [-0.2, 0) is 20.3 Å². The Hall–Kier alpha value is -3.21. The molecule has 0 saturated heterocycles. The van der Waals surface area contributed by atoms with Gasteiger partial charge in [-0.25, -0.2) is 4.57 Å². The number of pyridine rings is 1. The van der Waals surface area contributed by atoms with Crippen molar-refractivity contribution < 1.29 is 14.8 Å². The predicted molar refractivity (Wildman–Crippen MR) is 127 cm³/mol. The van der Waals surface area contributed by atoms with Crippen molar-refractivity contribution in [2.24, 2.45) is 7.05 Å². The number of aromatic nitrogens is 1. The number of hydrogen-bond acceptors (Lipinski definition) is 3. The highest BCUT2D eigenvalue weighted by molar-refractivity contribution is 5.94. The van der Waals surface area contributed by atoms with Gasteiger partial charge < -0.3 is 10.2 Å². The van der Waals surface area contributed by atoms with Gasteiger partial charge in [-0.1, -0.05) is 48.5 Å². The Morgan fingerprint density at radius 3 is 2.10 bits per heavy atom. The molecule has 0 aliphatic rings. The van der Waals surface area contributed by atoms with E-state index in [4.69, 9.17) is 0 Å². The molecule has 0 aliphatic carbocycles. The van der Waals surface area contributed by atoms with Crippen LogP contribution in [0.5, 0.6) is 0 Å². The molecule has 0 aliphatic heterocycles. The quantitative estimate of drug-likeness (QED) is 0.478. The molecule has 0 bridgehead atoms. The minimum Gasteiger partial charge on any atom is -0.392 e. The van der Waals surface area contributed by atoms with E-state index in [1.165, 1.54) is 22.3 Å². The van der Waals surface area contributed by atoms with Crippen LogP contribution in [0.1, 0.15) is 16.7 Å². The molecule has 4 aromatic rings. The van der Waals surface area contributed by atoms with Gasteiger partial charge in [-0.15, -0.1) is 0 Å². The van der Waals surface area contributed by atoms with Crippen LogP contribution >= 0.6 is 0 Å². The van der Waals surface area contributed by atoms with Crippen LogP contribution in [0.25, 0.3) is 33.2 Å². The maximum absolute atomic E-state index is 9.81. The number of anilines is 1. The summed E-state index contributed by atoms with van der Waals surface area (Å²) in [6.45, 7) is 1.98. The molecule has 4 rings (SSSR count). The number of hydrogen-bond donors (Lipinski definition) is 2. The fourth-order valence-corrected chi connectivity index (χ4v) is 4.50. The van der Waals surface area contributed by atoms with Crippen LogP contribution in [0.3, 0.4) is 0 Å². The Balaban J connectivity index is 2.02. The minimum atomic E-state index is -0.0952. The second-order valence-electron chi connectivity index (χ2n) is 8.18. The zero-order valence-corrected chi connectivity index (χ0v) is 18.6. The molecule has 0 fully saturated rings. The number of benzene rings is 3. The van der Waals surface area contributed by atoms with Crippen LogP contribution in [-0.4, -0.2) is 24.3 Å². The van der Waals surface area contributed by atoms with Crippen LogP contribution in [0.15, 0.2) is 66.7 Å². The highest BCUT2D eigenvalue weighted by Crippen LogP contribution is 2.34. The molecule has 158 valence electrons. The van der Waals surface area contributed by atoms with E-state index in [-0.39, 0.29) is 13.2 Å². The average molecular weight is 414 g/mol. The van der Waals surface area contributed by atoms with Gasteiger partial charge in [0.15, 0.2) is 0 Å². The third kappa shape index (κ3) is 3.69. The molecule has 0 saturated carbocycles. The lowest BCUT2D eigenvalue weighted by molar-refractivity contribution is -0.646. The van der Waals surface area contributed by atoms with E-state index >= 15 is 0 Å². The van der Waals surface area contributed by atoms with Crippen LogP contribution < -0.4 is 9.47 Å². The third-order valence-corrected chi connectivity index (χ3v) is 6.04. The lowest BCUT2D eigenvalue weighted by Gasteiger charge is -2.19. The molecule has 1 aromatic heterocycles. The first kappa shape index (κ1) is 21.0. The van der Waals surface area contributed by atoms with Crippen molar-refractivity contribution in [3.63, 3.8) is 0 Å². The monoisotopic (exact) mass is 413 g/mol. The second-order valence-corrected chi connectivity index (χ2v) is 8.18. The molecule has 0 amide bonds. The van der Waals surface area contributed by atoms with Crippen molar-refractivity contribution >= 4 is 16.6 Å². The lowest BCUT2D eigenvalue weighted by Crippen LogP contribution is -2.38. The van der Waals surface area contributed by atoms with Gasteiger partial charge in [0, 0.05) is 5.56 Å². The minimum absolute atomic E-state index is 0.0948. The summed E-state index contributed by atoms with van der Waals surface area (Å²) in [6.07, 6.45) is 0. The highest BCUT2D eigenvalue weighted by atomic mass is 16.3. The summed E-state index contributed by atoms with van der Waals surface area (Å²) in [5, 5.41) is 21.7. The van der Waals surface area contributed by atoms with Crippen LogP contribution in [0.4, 0.5) is 5.82 Å². The molecule has 3 aromatic carbocycles. The summed E-state index contributed by atoms with van der Waals surface area (Å²) in [7, 11) is 6.14. The van der Waals surface area contributed by atoms with E-state index in [0.717, 1.165) is 33.4 Å². The number of aliphatic hydroxyl groups excluding tert-OH is 2. The van der Waals surface area contributed by atoms with Crippen LogP contribution in [0, 0.1) is 6.92 Å². The van der Waals surface area contributed by atoms with Gasteiger partial charge in [0.05, 0.1) is 39.7 Å². The molecule has 31 heavy (non-hydrogen) atoms. The smallest absolute Gasteiger partial charge is 0.284 e. The van der Waals surface area contributed by atoms with E-state index in [1.54, 1.807) is 0 Å². The Morgan fingerprint density at radius 1 is 0.806 bits per heavy atom. The molecule has 0 radical (unpaired) electrons. The van der Waals surface area contributed by atoms with E-state index in [1.807, 2.05) is 32.3 Å². The summed E-state index contributed by atoms with van der Waals surface area (Å²) in [5.74, 6) is 1.05. The van der Waals surface area contributed by atoms with E-state index in [2.05, 4.69) is 72.0 Å². The van der Waals surface area contributed by atoms with Crippen molar-refractivity contribution in [3.8, 4) is 22.4 Å². The summed E-state index contributed by atoms with van der Waals surface area (Å²) in [4.78, 5) is 2.10. The highest BCUT2D eigenvalue weighted by Gasteiger charge is 2.22. The zero-order chi connectivity index (χ0) is 22.1. The summed E-state index contributed by atoms with van der Waals surface area (Å²) in [6, 6.07) is 23.1. The number of nitrogens with zero attached hydrogens (tertiary/aromatic N) is 2. The molecule has 0 atom stereocenters. The normalized spacial score (nSPS) is 11.2. The summed E-state index contributed by atoms with van der Waals surface area (Å²) < 4.78 is 2.21. The van der Waals surface area contributed by atoms with Crippen molar-refractivity contribution in [2.45, 2.75) is 20.1 Å². The van der Waals surface area contributed by atoms with Gasteiger partial charge in [0.1, 0.15) is 5.69 Å². The van der Waals surface area contributed by atoms with Crippen molar-refractivity contribution in [2.75, 3.05) is 19.0 Å². The van der Waals surface area contributed by atoms with Gasteiger partial charge >= 0.3 is 0 Å². The first-order valence-corrected chi connectivity index (χ1v) is 10.5. The van der Waals surface area contributed by atoms with Crippen LogP contribution in [0.2, 0.25) is 0 Å². The Morgan fingerprint density at radius 2 is 1.45 bits per heavy atom. The summed E-state index contributed by atoms with van der Waals surface area (Å²) >= 11 is 0. The van der Waals surface area contributed by atoms with Gasteiger partial charge in [-0.3, -0.25) is 4.90 Å². The van der Waals surface area contributed by atoms with Gasteiger partial charge in [-0.05, 0) is 58.3 Å². The van der Waals surface area contributed by atoms with Gasteiger partial charge in [0.2, 0.25) is 0 Å². The first-order chi connectivity index (χ1) is 15.0. The van der Waals surface area contributed by atoms with Crippen molar-refractivity contribution in [1.29, 1.82) is 0 Å². The molecule has 2 N–H and O–H groups in total. The zero-order valence-electron chi connectivity index (χ0n) is 18.6. The maximum Gasteiger partial charge on any atom is 0.284 e. The fourth-order valence-electron chi connectivity index (χ4n) is 4.50. The Kier molecular flexibility index (Phi) is 5.77. The SMILES string of the molecule is Cc1c(-c2ccccc2)cccc1-c1cc2cc(CO)c(CO)cc2c(N(C)C)[n+]1C. The first-order valence-electron chi connectivity index (χ1n) is 10.5. The van der Waals surface area contributed by atoms with E-state index < -0.39 is 0 Å². The van der Waals surface area contributed by atoms with Crippen molar-refractivity contribution in [1.82, 2.24) is 0 Å². The molecular formula is C27H29N2O2+. The number of aliphatic hydroxyl groups is 2. The maximum atomic E-state index is 9.81. The molecule has 0 unspecified atom stereocenters. The Bertz CT molecular complexity index is 1250. The van der Waals surface area contributed by atoms with E-state index in [9.17, 15) is 10.2 Å².